The maximum Gasteiger partial charge on any atom is 0.255 e. The molecule has 0 radical (unpaired) electrons. The zero-order chi connectivity index (χ0) is 20.4. The lowest BCUT2D eigenvalue weighted by atomic mass is 10.1. The molecule has 29 heavy (non-hydrogen) atoms. The van der Waals surface area contributed by atoms with Crippen molar-refractivity contribution in [2.75, 3.05) is 26.2 Å². The number of carbonyl (C=O) groups excluding carboxylic acids is 2. The number of nitrogens with one attached hydrogen (secondary N) is 1. The number of aryl methyl sites for hydroxylation is 2. The third kappa shape index (κ3) is 3.99. The van der Waals surface area contributed by atoms with E-state index in [0.29, 0.717) is 31.7 Å². The second kappa shape index (κ2) is 8.03. The fourth-order valence-corrected chi connectivity index (χ4v) is 3.86. The van der Waals surface area contributed by atoms with Gasteiger partial charge in [0.15, 0.2) is 0 Å². The van der Waals surface area contributed by atoms with Gasteiger partial charge in [-0.1, -0.05) is 18.2 Å². The van der Waals surface area contributed by atoms with Gasteiger partial charge in [0.05, 0.1) is 28.9 Å². The van der Waals surface area contributed by atoms with Gasteiger partial charge >= 0.3 is 0 Å². The summed E-state index contributed by atoms with van der Waals surface area (Å²) in [5, 5.41) is 8.23. The van der Waals surface area contributed by atoms with Gasteiger partial charge in [0, 0.05) is 37.3 Å². The van der Waals surface area contributed by atoms with Crippen molar-refractivity contribution in [3.8, 4) is 0 Å². The molecular weight excluding hydrogens is 366 g/mol. The number of fused-ring (bicyclic) bond motifs is 1. The third-order valence-electron chi connectivity index (χ3n) is 5.46. The predicted molar refractivity (Wildman–Crippen MR) is 111 cm³/mol. The van der Waals surface area contributed by atoms with Crippen molar-refractivity contribution < 1.29 is 9.59 Å². The molecule has 1 aliphatic rings. The molecule has 0 spiro atoms. The molecular formula is C22H25N5O2. The second-order valence-electron chi connectivity index (χ2n) is 7.51. The van der Waals surface area contributed by atoms with Gasteiger partial charge in [-0.2, -0.15) is 5.10 Å². The molecule has 0 saturated carbocycles. The number of amides is 2. The number of hydrogen-bond acceptors (Lipinski definition) is 4. The molecule has 0 atom stereocenters. The molecule has 0 unspecified atom stereocenters. The Hall–Kier alpha value is -3.22. The van der Waals surface area contributed by atoms with Crippen LogP contribution in [0.25, 0.3) is 10.9 Å². The lowest BCUT2D eigenvalue weighted by Crippen LogP contribution is -2.38. The fourth-order valence-electron chi connectivity index (χ4n) is 3.86. The molecule has 1 saturated heterocycles. The Morgan fingerprint density at radius 1 is 1.00 bits per heavy atom. The Labute approximate surface area is 169 Å². The summed E-state index contributed by atoms with van der Waals surface area (Å²) in [6, 6.07) is 11.5. The SMILES string of the molecule is Cc1ccc(C(=O)N2CCCN(C(=O)Cc3[nH]nc4ccccc34)CC2)c(C)n1. The monoisotopic (exact) mass is 391 g/mol. The zero-order valence-corrected chi connectivity index (χ0v) is 16.8. The highest BCUT2D eigenvalue weighted by Gasteiger charge is 2.24. The summed E-state index contributed by atoms with van der Waals surface area (Å²) >= 11 is 0. The summed E-state index contributed by atoms with van der Waals surface area (Å²) in [4.78, 5) is 33.9. The van der Waals surface area contributed by atoms with E-state index in [-0.39, 0.29) is 18.2 Å². The number of pyridine rings is 1. The van der Waals surface area contributed by atoms with Gasteiger partial charge in [0.1, 0.15) is 0 Å². The van der Waals surface area contributed by atoms with Crippen molar-refractivity contribution in [2.24, 2.45) is 0 Å². The summed E-state index contributed by atoms with van der Waals surface area (Å²) in [5.41, 5.74) is 3.99. The van der Waals surface area contributed by atoms with Gasteiger partial charge < -0.3 is 9.80 Å². The quantitative estimate of drug-likeness (QED) is 0.744. The standard InChI is InChI=1S/C22H25N5O2/c1-15-8-9-17(16(2)23-15)22(29)27-11-5-10-26(12-13-27)21(28)14-20-18-6-3-4-7-19(18)24-25-20/h3-4,6-9H,5,10-14H2,1-2H3,(H,24,25). The van der Waals surface area contributed by atoms with Crippen LogP contribution in [0, 0.1) is 13.8 Å². The summed E-state index contributed by atoms with van der Waals surface area (Å²) in [6.07, 6.45) is 1.05. The largest absolute Gasteiger partial charge is 0.341 e. The summed E-state index contributed by atoms with van der Waals surface area (Å²) in [5.74, 6) is 0.0470. The summed E-state index contributed by atoms with van der Waals surface area (Å²) < 4.78 is 0. The predicted octanol–water partition coefficient (Wildman–Crippen LogP) is 2.49. The Balaban J connectivity index is 1.41. The maximum atomic E-state index is 12.9. The third-order valence-corrected chi connectivity index (χ3v) is 5.46. The topological polar surface area (TPSA) is 82.2 Å². The van der Waals surface area contributed by atoms with Crippen molar-refractivity contribution in [1.82, 2.24) is 25.0 Å². The molecule has 2 aromatic heterocycles. The van der Waals surface area contributed by atoms with Gasteiger partial charge in [-0.05, 0) is 38.5 Å². The molecule has 1 N–H and O–H groups in total. The molecule has 7 nitrogen and oxygen atoms in total. The molecule has 0 aliphatic carbocycles. The number of H-pyrrole nitrogens is 1. The fraction of sp³-hybridized carbons (Fsp3) is 0.364. The van der Waals surface area contributed by atoms with E-state index in [1.807, 2.05) is 60.0 Å². The Kier molecular flexibility index (Phi) is 5.29. The van der Waals surface area contributed by atoms with Crippen molar-refractivity contribution >= 4 is 22.7 Å². The average Bonchev–Trinajstić information content (AvgIpc) is 2.95. The average molecular weight is 391 g/mol. The van der Waals surface area contributed by atoms with Gasteiger partial charge in [-0.15, -0.1) is 0 Å². The number of carbonyl (C=O) groups is 2. The number of para-hydroxylation sites is 1. The van der Waals surface area contributed by atoms with E-state index in [9.17, 15) is 9.59 Å². The summed E-state index contributed by atoms with van der Waals surface area (Å²) in [7, 11) is 0. The van der Waals surface area contributed by atoms with Gasteiger partial charge in [0.25, 0.3) is 5.91 Å². The van der Waals surface area contributed by atoms with E-state index in [2.05, 4.69) is 15.2 Å². The Morgan fingerprint density at radius 2 is 1.76 bits per heavy atom. The molecule has 0 bridgehead atoms. The van der Waals surface area contributed by atoms with Crippen LogP contribution in [0.15, 0.2) is 36.4 Å². The first kappa shape index (κ1) is 19.1. The van der Waals surface area contributed by atoms with Crippen LogP contribution in [0.3, 0.4) is 0 Å². The molecule has 7 heteroatoms. The van der Waals surface area contributed by atoms with Crippen LogP contribution in [-0.2, 0) is 11.2 Å². The number of benzene rings is 1. The lowest BCUT2D eigenvalue weighted by Gasteiger charge is -2.22. The van der Waals surface area contributed by atoms with Crippen LogP contribution in [-0.4, -0.2) is 63.0 Å². The van der Waals surface area contributed by atoms with Gasteiger partial charge in [0.2, 0.25) is 5.91 Å². The van der Waals surface area contributed by atoms with E-state index >= 15 is 0 Å². The normalized spacial score (nSPS) is 14.8. The van der Waals surface area contributed by atoms with Crippen molar-refractivity contribution in [2.45, 2.75) is 26.7 Å². The second-order valence-corrected chi connectivity index (χ2v) is 7.51. The van der Waals surface area contributed by atoms with E-state index < -0.39 is 0 Å². The van der Waals surface area contributed by atoms with E-state index in [4.69, 9.17) is 0 Å². The number of aromatic amines is 1. The highest BCUT2D eigenvalue weighted by molar-refractivity contribution is 5.95. The number of nitrogens with zero attached hydrogens (tertiary/aromatic N) is 4. The van der Waals surface area contributed by atoms with Crippen molar-refractivity contribution in [3.63, 3.8) is 0 Å². The highest BCUT2D eigenvalue weighted by Crippen LogP contribution is 2.17. The van der Waals surface area contributed by atoms with Crippen LogP contribution in [0.2, 0.25) is 0 Å². The Morgan fingerprint density at radius 3 is 2.59 bits per heavy atom. The molecule has 1 aromatic carbocycles. The molecule has 1 fully saturated rings. The Bertz CT molecular complexity index is 1060. The van der Waals surface area contributed by atoms with E-state index in [1.165, 1.54) is 0 Å². The van der Waals surface area contributed by atoms with Crippen molar-refractivity contribution in [1.29, 1.82) is 0 Å². The minimum atomic E-state index is -0.0103. The first-order chi connectivity index (χ1) is 14.0. The molecule has 3 aromatic rings. The van der Waals surface area contributed by atoms with Crippen molar-refractivity contribution in [3.05, 3.63) is 59.0 Å². The van der Waals surface area contributed by atoms with Crippen LogP contribution in [0.1, 0.15) is 33.9 Å². The molecule has 150 valence electrons. The van der Waals surface area contributed by atoms with Gasteiger partial charge in [-0.3, -0.25) is 19.7 Å². The van der Waals surface area contributed by atoms with E-state index in [0.717, 1.165) is 34.4 Å². The van der Waals surface area contributed by atoms with Crippen LogP contribution < -0.4 is 0 Å². The van der Waals surface area contributed by atoms with Crippen LogP contribution in [0.4, 0.5) is 0 Å². The first-order valence-electron chi connectivity index (χ1n) is 9.96. The van der Waals surface area contributed by atoms with Crippen LogP contribution in [0.5, 0.6) is 0 Å². The smallest absolute Gasteiger partial charge is 0.255 e. The van der Waals surface area contributed by atoms with E-state index in [1.54, 1.807) is 0 Å². The molecule has 3 heterocycles. The molecule has 2 amide bonds. The molecule has 4 rings (SSSR count). The lowest BCUT2D eigenvalue weighted by molar-refractivity contribution is -0.130. The number of hydrogen-bond donors (Lipinski definition) is 1. The molecule has 1 aliphatic heterocycles. The van der Waals surface area contributed by atoms with Gasteiger partial charge in [-0.25, -0.2) is 0 Å². The minimum absolute atomic E-state index is 0.0103. The minimum Gasteiger partial charge on any atom is -0.341 e. The highest BCUT2D eigenvalue weighted by atomic mass is 16.2. The maximum absolute atomic E-state index is 12.9. The first-order valence-corrected chi connectivity index (χ1v) is 9.96. The zero-order valence-electron chi connectivity index (χ0n) is 16.8. The van der Waals surface area contributed by atoms with Crippen LogP contribution >= 0.6 is 0 Å². The number of rotatable bonds is 3. The summed E-state index contributed by atoms with van der Waals surface area (Å²) in [6.45, 7) is 6.14. The number of aromatic nitrogens is 3.